The molecule has 0 bridgehead atoms. The molecule has 20 heavy (non-hydrogen) atoms. The van der Waals surface area contributed by atoms with Crippen molar-refractivity contribution in [1.82, 2.24) is 15.3 Å². The minimum absolute atomic E-state index is 0.214. The molecule has 0 spiro atoms. The van der Waals surface area contributed by atoms with E-state index >= 15 is 0 Å². The molecule has 0 aliphatic rings. The first-order valence-electron chi connectivity index (χ1n) is 6.39. The van der Waals surface area contributed by atoms with E-state index in [9.17, 15) is 4.79 Å². The molecule has 104 valence electrons. The van der Waals surface area contributed by atoms with E-state index < -0.39 is 0 Å². The highest BCUT2D eigenvalue weighted by Crippen LogP contribution is 2.12. The summed E-state index contributed by atoms with van der Waals surface area (Å²) in [5.74, 6) is -0.214. The molecule has 0 aliphatic heterocycles. The monoisotopic (exact) mass is 270 g/mol. The normalized spacial score (nSPS) is 10.2. The molecule has 0 aliphatic carbocycles. The van der Waals surface area contributed by atoms with Crippen molar-refractivity contribution in [3.8, 4) is 0 Å². The van der Waals surface area contributed by atoms with Gasteiger partial charge in [0, 0.05) is 32.5 Å². The van der Waals surface area contributed by atoms with E-state index in [4.69, 9.17) is 0 Å². The molecule has 0 saturated heterocycles. The maximum Gasteiger partial charge on any atom is 0.271 e. The largest absolute Gasteiger partial charge is 0.378 e. The highest BCUT2D eigenvalue weighted by molar-refractivity contribution is 5.91. The Labute approximate surface area is 118 Å². The van der Waals surface area contributed by atoms with Gasteiger partial charge in [-0.15, -0.1) is 0 Å². The van der Waals surface area contributed by atoms with Crippen molar-refractivity contribution in [3.05, 3.63) is 53.6 Å². The van der Waals surface area contributed by atoms with Gasteiger partial charge >= 0.3 is 0 Å². The molecule has 0 fully saturated rings. The molecule has 0 unspecified atom stereocenters. The van der Waals surface area contributed by atoms with Crippen molar-refractivity contribution in [2.45, 2.75) is 13.5 Å². The van der Waals surface area contributed by atoms with Gasteiger partial charge in [-0.2, -0.15) is 0 Å². The van der Waals surface area contributed by atoms with Crippen LogP contribution >= 0.6 is 0 Å². The number of amides is 1. The molecule has 1 N–H and O–H groups in total. The van der Waals surface area contributed by atoms with E-state index in [-0.39, 0.29) is 5.91 Å². The molecule has 0 atom stereocenters. The topological polar surface area (TPSA) is 58.1 Å². The van der Waals surface area contributed by atoms with Crippen molar-refractivity contribution in [1.29, 1.82) is 0 Å². The number of carbonyl (C=O) groups is 1. The van der Waals surface area contributed by atoms with Crippen molar-refractivity contribution < 1.29 is 4.79 Å². The highest BCUT2D eigenvalue weighted by Gasteiger charge is 2.07. The van der Waals surface area contributed by atoms with Crippen molar-refractivity contribution in [2.24, 2.45) is 0 Å². The van der Waals surface area contributed by atoms with Gasteiger partial charge in [-0.1, -0.05) is 12.1 Å². The third-order valence-corrected chi connectivity index (χ3v) is 2.92. The molecule has 1 heterocycles. The molecule has 2 rings (SSSR count). The van der Waals surface area contributed by atoms with Crippen LogP contribution in [0.2, 0.25) is 0 Å². The molecule has 1 aromatic heterocycles. The van der Waals surface area contributed by atoms with Gasteiger partial charge in [0.25, 0.3) is 5.91 Å². The van der Waals surface area contributed by atoms with Crippen molar-refractivity contribution in [2.75, 3.05) is 19.0 Å². The zero-order valence-electron chi connectivity index (χ0n) is 11.9. The van der Waals surface area contributed by atoms with Gasteiger partial charge < -0.3 is 10.2 Å². The number of hydrogen-bond donors (Lipinski definition) is 1. The van der Waals surface area contributed by atoms with E-state index in [1.807, 2.05) is 50.2 Å². The lowest BCUT2D eigenvalue weighted by Crippen LogP contribution is -2.24. The van der Waals surface area contributed by atoms with E-state index in [0.717, 1.165) is 16.9 Å². The molecule has 5 nitrogen and oxygen atoms in total. The lowest BCUT2D eigenvalue weighted by atomic mass is 10.2. The Hall–Kier alpha value is -2.43. The third kappa shape index (κ3) is 3.54. The van der Waals surface area contributed by atoms with Crippen LogP contribution in [0.25, 0.3) is 0 Å². The lowest BCUT2D eigenvalue weighted by Gasteiger charge is -2.12. The van der Waals surface area contributed by atoms with Gasteiger partial charge in [-0.3, -0.25) is 9.78 Å². The fraction of sp³-hybridized carbons (Fsp3) is 0.267. The third-order valence-electron chi connectivity index (χ3n) is 2.92. The first-order valence-corrected chi connectivity index (χ1v) is 6.39. The van der Waals surface area contributed by atoms with Gasteiger partial charge in [-0.05, 0) is 24.6 Å². The fourth-order valence-corrected chi connectivity index (χ4v) is 1.69. The Balaban J connectivity index is 1.94. The van der Waals surface area contributed by atoms with Gasteiger partial charge in [0.15, 0.2) is 0 Å². The summed E-state index contributed by atoms with van der Waals surface area (Å²) in [6.07, 6.45) is 3.07. The molecule has 1 aromatic carbocycles. The predicted molar refractivity (Wildman–Crippen MR) is 78.7 cm³/mol. The molecule has 1 amide bonds. The Morgan fingerprint density at radius 2 is 1.85 bits per heavy atom. The summed E-state index contributed by atoms with van der Waals surface area (Å²) in [6, 6.07) is 8.03. The standard InChI is InChI=1S/C15H18N4O/c1-11-8-17-14(10-16-11)15(20)18-9-12-4-6-13(7-5-12)19(2)3/h4-8,10H,9H2,1-3H3,(H,18,20). The van der Waals surface area contributed by atoms with Crippen LogP contribution in [0, 0.1) is 6.92 Å². The van der Waals surface area contributed by atoms with E-state index in [1.165, 1.54) is 6.20 Å². The number of nitrogens with zero attached hydrogens (tertiary/aromatic N) is 3. The summed E-state index contributed by atoms with van der Waals surface area (Å²) < 4.78 is 0. The molecule has 0 radical (unpaired) electrons. The number of nitrogens with one attached hydrogen (secondary N) is 1. The van der Waals surface area contributed by atoms with E-state index in [1.54, 1.807) is 6.20 Å². The summed E-state index contributed by atoms with van der Waals surface area (Å²) in [6.45, 7) is 2.31. The summed E-state index contributed by atoms with van der Waals surface area (Å²) in [7, 11) is 3.99. The second-order valence-electron chi connectivity index (χ2n) is 4.79. The first-order chi connectivity index (χ1) is 9.56. The maximum atomic E-state index is 11.9. The average Bonchev–Trinajstić information content (AvgIpc) is 2.46. The molecule has 5 heteroatoms. The molecule has 2 aromatic rings. The second kappa shape index (κ2) is 6.14. The number of carbonyl (C=O) groups excluding carboxylic acids is 1. The Morgan fingerprint density at radius 3 is 2.40 bits per heavy atom. The van der Waals surface area contributed by atoms with Gasteiger partial charge in [0.1, 0.15) is 5.69 Å². The first kappa shape index (κ1) is 14.0. The van der Waals surface area contributed by atoms with Crippen LogP contribution in [-0.4, -0.2) is 30.0 Å². The predicted octanol–water partition coefficient (Wildman–Crippen LogP) is 1.78. The van der Waals surface area contributed by atoms with Crippen LogP contribution in [0.15, 0.2) is 36.7 Å². The smallest absolute Gasteiger partial charge is 0.271 e. The van der Waals surface area contributed by atoms with Crippen LogP contribution < -0.4 is 10.2 Å². The van der Waals surface area contributed by atoms with Crippen LogP contribution in [0.5, 0.6) is 0 Å². The highest BCUT2D eigenvalue weighted by atomic mass is 16.1. The minimum Gasteiger partial charge on any atom is -0.378 e. The summed E-state index contributed by atoms with van der Waals surface area (Å²) in [5, 5.41) is 2.83. The van der Waals surface area contributed by atoms with Crippen LogP contribution in [0.3, 0.4) is 0 Å². The zero-order valence-corrected chi connectivity index (χ0v) is 11.9. The van der Waals surface area contributed by atoms with Crippen molar-refractivity contribution >= 4 is 11.6 Å². The summed E-state index contributed by atoms with van der Waals surface area (Å²) in [4.78, 5) is 22.0. The fourth-order valence-electron chi connectivity index (χ4n) is 1.69. The number of aryl methyl sites for hydroxylation is 1. The Bertz CT molecular complexity index is 576. The maximum absolute atomic E-state index is 11.9. The van der Waals surface area contributed by atoms with Gasteiger partial charge in [-0.25, -0.2) is 4.98 Å². The number of hydrogen-bond acceptors (Lipinski definition) is 4. The van der Waals surface area contributed by atoms with E-state index in [2.05, 4.69) is 15.3 Å². The van der Waals surface area contributed by atoms with E-state index in [0.29, 0.717) is 12.2 Å². The number of anilines is 1. The quantitative estimate of drug-likeness (QED) is 0.920. The second-order valence-corrected chi connectivity index (χ2v) is 4.79. The number of aromatic nitrogens is 2. The molecular formula is C15H18N4O. The van der Waals surface area contributed by atoms with Crippen LogP contribution in [-0.2, 0) is 6.54 Å². The zero-order chi connectivity index (χ0) is 14.5. The van der Waals surface area contributed by atoms with Gasteiger partial charge in [0.2, 0.25) is 0 Å². The summed E-state index contributed by atoms with van der Waals surface area (Å²) >= 11 is 0. The van der Waals surface area contributed by atoms with Crippen LogP contribution in [0.1, 0.15) is 21.7 Å². The molecular weight excluding hydrogens is 252 g/mol. The lowest BCUT2D eigenvalue weighted by molar-refractivity contribution is 0.0945. The number of benzene rings is 1. The van der Waals surface area contributed by atoms with Crippen molar-refractivity contribution in [3.63, 3.8) is 0 Å². The Kier molecular flexibility index (Phi) is 4.30. The SMILES string of the molecule is Cc1cnc(C(=O)NCc2ccc(N(C)C)cc2)cn1. The molecule has 0 saturated carbocycles. The van der Waals surface area contributed by atoms with Gasteiger partial charge in [0.05, 0.1) is 11.9 Å². The Morgan fingerprint density at radius 1 is 1.15 bits per heavy atom. The minimum atomic E-state index is -0.214. The summed E-state index contributed by atoms with van der Waals surface area (Å²) in [5.41, 5.74) is 3.30. The van der Waals surface area contributed by atoms with Crippen LogP contribution in [0.4, 0.5) is 5.69 Å². The average molecular weight is 270 g/mol. The number of rotatable bonds is 4.